The third kappa shape index (κ3) is 4.54. The second-order valence-corrected chi connectivity index (χ2v) is 6.96. The van der Waals surface area contributed by atoms with Crippen LogP contribution in [0.15, 0.2) is 18.2 Å². The molecule has 2 heterocycles. The van der Waals surface area contributed by atoms with Crippen molar-refractivity contribution in [3.05, 3.63) is 28.2 Å². The van der Waals surface area contributed by atoms with Crippen LogP contribution < -0.4 is 15.5 Å². The number of benzene rings is 1. The highest BCUT2D eigenvalue weighted by atomic mass is 35.5. The van der Waals surface area contributed by atoms with E-state index >= 15 is 0 Å². The van der Waals surface area contributed by atoms with Gasteiger partial charge in [0.05, 0.1) is 5.92 Å². The lowest BCUT2D eigenvalue weighted by molar-refractivity contribution is -0.127. The molecule has 2 N–H and O–H groups in total. The molecule has 0 radical (unpaired) electrons. The molecule has 2 atom stereocenters. The van der Waals surface area contributed by atoms with Gasteiger partial charge in [-0.25, -0.2) is 0 Å². The molecule has 0 aromatic heterocycles. The summed E-state index contributed by atoms with van der Waals surface area (Å²) in [6, 6.07) is 5.15. The standard InChI is InChI=1S/C16H19Cl2N3O2.ClH/c17-11-5-12(18)7-14(6-11)21-9-10(4-15(21)22)16(23)20-13-2-1-3-19-8-13;/h5-7,10,13,19H,1-4,8-9H2,(H,20,23);1H/t10?,13-;/m0./s1. The molecular weight excluding hydrogens is 373 g/mol. The molecule has 0 spiro atoms. The number of hydrogen-bond acceptors (Lipinski definition) is 3. The van der Waals surface area contributed by atoms with Crippen molar-refractivity contribution in [2.75, 3.05) is 24.5 Å². The summed E-state index contributed by atoms with van der Waals surface area (Å²) in [5, 5.41) is 7.26. The summed E-state index contributed by atoms with van der Waals surface area (Å²) in [7, 11) is 0. The molecule has 24 heavy (non-hydrogen) atoms. The minimum atomic E-state index is -0.331. The Morgan fingerprint density at radius 2 is 1.96 bits per heavy atom. The number of carbonyl (C=O) groups excluding carboxylic acids is 2. The maximum absolute atomic E-state index is 12.4. The monoisotopic (exact) mass is 391 g/mol. The highest BCUT2D eigenvalue weighted by molar-refractivity contribution is 6.35. The molecule has 2 saturated heterocycles. The first kappa shape index (κ1) is 19.3. The number of anilines is 1. The predicted molar refractivity (Wildman–Crippen MR) is 98.2 cm³/mol. The van der Waals surface area contributed by atoms with Gasteiger partial charge in [0, 0.05) is 41.3 Å². The van der Waals surface area contributed by atoms with Crippen LogP contribution in [-0.4, -0.2) is 37.5 Å². The number of nitrogens with zero attached hydrogens (tertiary/aromatic N) is 1. The molecule has 2 fully saturated rings. The molecule has 2 aliphatic rings. The van der Waals surface area contributed by atoms with Gasteiger partial charge in [-0.15, -0.1) is 12.4 Å². The Morgan fingerprint density at radius 1 is 1.25 bits per heavy atom. The van der Waals surface area contributed by atoms with Crippen LogP contribution in [0.25, 0.3) is 0 Å². The van der Waals surface area contributed by atoms with Crippen LogP contribution in [0, 0.1) is 5.92 Å². The molecule has 0 bridgehead atoms. The fraction of sp³-hybridized carbons (Fsp3) is 0.500. The third-order valence-electron chi connectivity index (χ3n) is 4.30. The van der Waals surface area contributed by atoms with Crippen molar-refractivity contribution in [3.8, 4) is 0 Å². The molecule has 2 amide bonds. The van der Waals surface area contributed by atoms with Crippen LogP contribution in [0.5, 0.6) is 0 Å². The largest absolute Gasteiger partial charge is 0.352 e. The van der Waals surface area contributed by atoms with Gasteiger partial charge in [-0.05, 0) is 37.6 Å². The Hall–Kier alpha value is -1.01. The van der Waals surface area contributed by atoms with E-state index in [1.807, 2.05) is 0 Å². The van der Waals surface area contributed by atoms with E-state index in [1.165, 1.54) is 0 Å². The zero-order chi connectivity index (χ0) is 16.4. The molecule has 1 unspecified atom stereocenters. The molecule has 1 aromatic carbocycles. The van der Waals surface area contributed by atoms with Crippen LogP contribution in [0.4, 0.5) is 5.69 Å². The first-order valence-electron chi connectivity index (χ1n) is 7.80. The molecule has 5 nitrogen and oxygen atoms in total. The highest BCUT2D eigenvalue weighted by Crippen LogP contribution is 2.30. The maximum Gasteiger partial charge on any atom is 0.227 e. The summed E-state index contributed by atoms with van der Waals surface area (Å²) in [5.41, 5.74) is 0.641. The molecule has 0 aliphatic carbocycles. The average molecular weight is 393 g/mol. The topological polar surface area (TPSA) is 61.4 Å². The van der Waals surface area contributed by atoms with Crippen molar-refractivity contribution in [2.24, 2.45) is 5.92 Å². The minimum absolute atomic E-state index is 0. The Kier molecular flexibility index (Phi) is 6.75. The number of nitrogens with one attached hydrogen (secondary N) is 2. The second kappa shape index (κ2) is 8.39. The highest BCUT2D eigenvalue weighted by Gasteiger charge is 2.36. The van der Waals surface area contributed by atoms with E-state index in [-0.39, 0.29) is 42.6 Å². The molecule has 0 saturated carbocycles. The summed E-state index contributed by atoms with van der Waals surface area (Å²) in [5.74, 6) is -0.463. The number of amides is 2. The summed E-state index contributed by atoms with van der Waals surface area (Å²) in [4.78, 5) is 26.2. The van der Waals surface area contributed by atoms with Gasteiger partial charge >= 0.3 is 0 Å². The summed E-state index contributed by atoms with van der Waals surface area (Å²) < 4.78 is 0. The minimum Gasteiger partial charge on any atom is -0.352 e. The van der Waals surface area contributed by atoms with Crippen LogP contribution in [0.3, 0.4) is 0 Å². The Bertz CT molecular complexity index is 600. The van der Waals surface area contributed by atoms with Crippen molar-refractivity contribution in [2.45, 2.75) is 25.3 Å². The quantitative estimate of drug-likeness (QED) is 0.831. The summed E-state index contributed by atoms with van der Waals surface area (Å²) >= 11 is 12.0. The first-order valence-corrected chi connectivity index (χ1v) is 8.56. The van der Waals surface area contributed by atoms with E-state index in [0.717, 1.165) is 25.9 Å². The molecule has 3 rings (SSSR count). The Balaban J connectivity index is 0.00000208. The van der Waals surface area contributed by atoms with Gasteiger partial charge in [0.25, 0.3) is 0 Å². The van der Waals surface area contributed by atoms with Gasteiger partial charge in [0.15, 0.2) is 0 Å². The van der Waals surface area contributed by atoms with Gasteiger partial charge in [-0.3, -0.25) is 9.59 Å². The number of piperidine rings is 1. The molecule has 132 valence electrons. The third-order valence-corrected chi connectivity index (χ3v) is 4.73. The first-order chi connectivity index (χ1) is 11.0. The molecule has 8 heteroatoms. The van der Waals surface area contributed by atoms with Crippen molar-refractivity contribution in [1.82, 2.24) is 10.6 Å². The zero-order valence-corrected chi connectivity index (χ0v) is 15.4. The van der Waals surface area contributed by atoms with Crippen LogP contribution in [-0.2, 0) is 9.59 Å². The van der Waals surface area contributed by atoms with E-state index in [0.29, 0.717) is 22.3 Å². The molecule has 2 aliphatic heterocycles. The number of hydrogen-bond donors (Lipinski definition) is 2. The van der Waals surface area contributed by atoms with Crippen LogP contribution in [0.2, 0.25) is 10.0 Å². The van der Waals surface area contributed by atoms with E-state index in [4.69, 9.17) is 23.2 Å². The number of halogens is 3. The Morgan fingerprint density at radius 3 is 2.58 bits per heavy atom. The number of rotatable bonds is 3. The van der Waals surface area contributed by atoms with Crippen molar-refractivity contribution >= 4 is 53.1 Å². The Labute approximate surface area is 157 Å². The summed E-state index contributed by atoms with van der Waals surface area (Å²) in [6.07, 6.45) is 2.25. The maximum atomic E-state index is 12.4. The van der Waals surface area contributed by atoms with E-state index in [9.17, 15) is 9.59 Å². The van der Waals surface area contributed by atoms with Gasteiger partial charge in [-0.2, -0.15) is 0 Å². The van der Waals surface area contributed by atoms with Gasteiger partial charge in [-0.1, -0.05) is 23.2 Å². The normalized spacial score (nSPS) is 23.8. The lowest BCUT2D eigenvalue weighted by Gasteiger charge is -2.25. The predicted octanol–water partition coefficient (Wildman–Crippen LogP) is 2.64. The van der Waals surface area contributed by atoms with Gasteiger partial charge in [0.1, 0.15) is 0 Å². The molecular formula is C16H20Cl3N3O2. The van der Waals surface area contributed by atoms with Gasteiger partial charge in [0.2, 0.25) is 11.8 Å². The van der Waals surface area contributed by atoms with E-state index < -0.39 is 0 Å². The SMILES string of the molecule is Cl.O=C(N[C@H]1CCCNC1)C1CC(=O)N(c2cc(Cl)cc(Cl)c2)C1. The smallest absolute Gasteiger partial charge is 0.227 e. The second-order valence-electron chi connectivity index (χ2n) is 6.08. The molecule has 1 aromatic rings. The lowest BCUT2D eigenvalue weighted by atomic mass is 10.0. The average Bonchev–Trinajstić information content (AvgIpc) is 2.89. The fourth-order valence-electron chi connectivity index (χ4n) is 3.12. The number of carbonyl (C=O) groups is 2. The van der Waals surface area contributed by atoms with E-state index in [1.54, 1.807) is 23.1 Å². The van der Waals surface area contributed by atoms with Gasteiger partial charge < -0.3 is 15.5 Å². The van der Waals surface area contributed by atoms with Crippen molar-refractivity contribution < 1.29 is 9.59 Å². The van der Waals surface area contributed by atoms with Crippen LogP contribution in [0.1, 0.15) is 19.3 Å². The van der Waals surface area contributed by atoms with E-state index in [2.05, 4.69) is 10.6 Å². The summed E-state index contributed by atoms with van der Waals surface area (Å²) in [6.45, 7) is 2.15. The fourth-order valence-corrected chi connectivity index (χ4v) is 3.64. The van der Waals surface area contributed by atoms with Crippen molar-refractivity contribution in [1.29, 1.82) is 0 Å². The van der Waals surface area contributed by atoms with Crippen LogP contribution >= 0.6 is 35.6 Å². The zero-order valence-electron chi connectivity index (χ0n) is 13.1. The van der Waals surface area contributed by atoms with Crippen molar-refractivity contribution in [3.63, 3.8) is 0 Å². The lowest BCUT2D eigenvalue weighted by Crippen LogP contribution is -2.47.